The fraction of sp³-hybridized carbons (Fsp3) is 0. The predicted octanol–water partition coefficient (Wildman–Crippen LogP) is 11.0. The van der Waals surface area contributed by atoms with Crippen molar-refractivity contribution in [1.82, 2.24) is 4.57 Å². The van der Waals surface area contributed by atoms with E-state index >= 15 is 0 Å². The van der Waals surface area contributed by atoms with Crippen LogP contribution in [-0.4, -0.2) is 4.57 Å². The summed E-state index contributed by atoms with van der Waals surface area (Å²) in [5.74, 6) is 0. The fourth-order valence-electron chi connectivity index (χ4n) is 6.15. The van der Waals surface area contributed by atoms with Crippen molar-refractivity contribution < 1.29 is 0 Å². The second-order valence-corrected chi connectivity index (χ2v) is 10.7. The van der Waals surface area contributed by atoms with Gasteiger partial charge >= 0.3 is 0 Å². The van der Waals surface area contributed by atoms with E-state index in [-0.39, 0.29) is 0 Å². The first kappa shape index (κ1) is 24.2. The van der Waals surface area contributed by atoms with Gasteiger partial charge in [0.15, 0.2) is 0 Å². The summed E-state index contributed by atoms with van der Waals surface area (Å²) in [5.41, 5.74) is 10.6. The fourth-order valence-corrected chi connectivity index (χ4v) is 6.15. The maximum absolute atomic E-state index is 3.57. The molecular formula is C40H28N2. The van der Waals surface area contributed by atoms with Crippen molar-refractivity contribution in [3.63, 3.8) is 0 Å². The highest BCUT2D eigenvalue weighted by atomic mass is 15.0. The van der Waals surface area contributed by atoms with Crippen LogP contribution < -0.4 is 5.32 Å². The number of rotatable bonds is 5. The van der Waals surface area contributed by atoms with Crippen LogP contribution in [-0.2, 0) is 0 Å². The number of benzene rings is 7. The monoisotopic (exact) mass is 536 g/mol. The first-order valence-corrected chi connectivity index (χ1v) is 14.4. The molecule has 0 bridgehead atoms. The average molecular weight is 537 g/mol. The highest BCUT2D eigenvalue weighted by molar-refractivity contribution is 6.09. The molecule has 42 heavy (non-hydrogen) atoms. The molecule has 0 aliphatic carbocycles. The highest BCUT2D eigenvalue weighted by Crippen LogP contribution is 2.34. The van der Waals surface area contributed by atoms with Gasteiger partial charge in [0, 0.05) is 27.8 Å². The third-order valence-electron chi connectivity index (χ3n) is 8.18. The third-order valence-corrected chi connectivity index (χ3v) is 8.18. The lowest BCUT2D eigenvalue weighted by molar-refractivity contribution is 1.18. The van der Waals surface area contributed by atoms with Crippen molar-refractivity contribution in [3.05, 3.63) is 164 Å². The van der Waals surface area contributed by atoms with E-state index < -0.39 is 0 Å². The van der Waals surface area contributed by atoms with E-state index in [2.05, 4.69) is 174 Å². The summed E-state index contributed by atoms with van der Waals surface area (Å²) in [6, 6.07) is 58.5. The molecule has 0 radical (unpaired) electrons. The number of fused-ring (bicyclic) bond motifs is 4. The minimum absolute atomic E-state index is 1.07. The van der Waals surface area contributed by atoms with Gasteiger partial charge in [0.1, 0.15) is 0 Å². The Kier molecular flexibility index (Phi) is 5.82. The molecule has 0 amide bonds. The van der Waals surface area contributed by atoms with Crippen LogP contribution in [0, 0.1) is 0 Å². The molecule has 1 heterocycles. The number of aromatic nitrogens is 1. The summed E-state index contributed by atoms with van der Waals surface area (Å²) >= 11 is 0. The largest absolute Gasteiger partial charge is 0.356 e. The van der Waals surface area contributed by atoms with E-state index in [1.807, 2.05) is 0 Å². The minimum atomic E-state index is 1.07. The van der Waals surface area contributed by atoms with Crippen molar-refractivity contribution in [2.24, 2.45) is 0 Å². The summed E-state index contributed by atoms with van der Waals surface area (Å²) < 4.78 is 2.37. The zero-order chi connectivity index (χ0) is 27.9. The highest BCUT2D eigenvalue weighted by Gasteiger charge is 2.12. The normalized spacial score (nSPS) is 11.3. The molecule has 2 heteroatoms. The van der Waals surface area contributed by atoms with Crippen molar-refractivity contribution in [1.29, 1.82) is 0 Å². The summed E-state index contributed by atoms with van der Waals surface area (Å²) in [6.45, 7) is 0. The van der Waals surface area contributed by atoms with Gasteiger partial charge in [0.2, 0.25) is 0 Å². The number of nitrogens with zero attached hydrogens (tertiary/aromatic N) is 1. The van der Waals surface area contributed by atoms with E-state index in [0.717, 1.165) is 11.4 Å². The summed E-state index contributed by atoms with van der Waals surface area (Å²) in [4.78, 5) is 0. The lowest BCUT2D eigenvalue weighted by Gasteiger charge is -2.12. The number of nitrogens with one attached hydrogen (secondary N) is 1. The van der Waals surface area contributed by atoms with Crippen LogP contribution in [0.2, 0.25) is 0 Å². The van der Waals surface area contributed by atoms with Crippen molar-refractivity contribution in [2.75, 3.05) is 5.32 Å². The average Bonchev–Trinajstić information content (AvgIpc) is 3.40. The van der Waals surface area contributed by atoms with Crippen LogP contribution in [0.25, 0.3) is 60.5 Å². The van der Waals surface area contributed by atoms with E-state index in [1.54, 1.807) is 0 Å². The smallest absolute Gasteiger partial charge is 0.0541 e. The van der Waals surface area contributed by atoms with Gasteiger partial charge in [-0.05, 0) is 81.6 Å². The van der Waals surface area contributed by atoms with E-state index in [1.165, 1.54) is 60.5 Å². The molecule has 7 aromatic carbocycles. The Labute approximate surface area is 245 Å². The molecule has 8 rings (SSSR count). The molecule has 0 saturated heterocycles. The second kappa shape index (κ2) is 10.1. The molecule has 1 aromatic heterocycles. The Morgan fingerprint density at radius 3 is 1.62 bits per heavy atom. The Balaban J connectivity index is 1.06. The molecule has 1 N–H and O–H groups in total. The van der Waals surface area contributed by atoms with Gasteiger partial charge in [-0.3, -0.25) is 0 Å². The maximum atomic E-state index is 3.57. The van der Waals surface area contributed by atoms with E-state index in [4.69, 9.17) is 0 Å². The Morgan fingerprint density at radius 2 is 0.929 bits per heavy atom. The number of para-hydroxylation sites is 2. The number of hydrogen-bond donors (Lipinski definition) is 1. The third kappa shape index (κ3) is 4.22. The molecule has 0 spiro atoms. The quantitative estimate of drug-likeness (QED) is 0.231. The molecule has 0 aliphatic rings. The lowest BCUT2D eigenvalue weighted by Crippen LogP contribution is -1.94. The molecule has 0 atom stereocenters. The lowest BCUT2D eigenvalue weighted by atomic mass is 9.98. The van der Waals surface area contributed by atoms with Crippen molar-refractivity contribution >= 4 is 44.0 Å². The van der Waals surface area contributed by atoms with Crippen LogP contribution in [0.15, 0.2) is 164 Å². The topological polar surface area (TPSA) is 17.0 Å². The summed E-state index contributed by atoms with van der Waals surface area (Å²) in [7, 11) is 0. The zero-order valence-corrected chi connectivity index (χ0v) is 23.0. The summed E-state index contributed by atoms with van der Waals surface area (Å²) in [5, 5.41) is 8.66. The molecule has 0 fully saturated rings. The van der Waals surface area contributed by atoms with Crippen LogP contribution in [0.4, 0.5) is 11.4 Å². The Morgan fingerprint density at radius 1 is 0.381 bits per heavy atom. The van der Waals surface area contributed by atoms with Gasteiger partial charge in [0.05, 0.1) is 11.0 Å². The number of hydrogen-bond acceptors (Lipinski definition) is 1. The minimum Gasteiger partial charge on any atom is -0.356 e. The Hall–Kier alpha value is -5.60. The second-order valence-electron chi connectivity index (χ2n) is 10.7. The van der Waals surface area contributed by atoms with Crippen LogP contribution in [0.3, 0.4) is 0 Å². The van der Waals surface area contributed by atoms with Gasteiger partial charge in [0.25, 0.3) is 0 Å². The van der Waals surface area contributed by atoms with Gasteiger partial charge in [-0.15, -0.1) is 0 Å². The standard InChI is InChI=1S/C40H28N2/c1-2-13-35-29(9-1)10-8-16-36(35)30-21-25-33(26-22-30)41-32-23-19-28(20-24-32)31-11-7-12-34(27-31)42-39-17-5-3-14-37(39)38-15-4-6-18-40(38)42/h1-27,41H. The molecule has 0 aliphatic heterocycles. The molecule has 0 unspecified atom stereocenters. The van der Waals surface area contributed by atoms with Crippen LogP contribution in [0.1, 0.15) is 0 Å². The van der Waals surface area contributed by atoms with E-state index in [9.17, 15) is 0 Å². The molecule has 198 valence electrons. The van der Waals surface area contributed by atoms with Crippen molar-refractivity contribution in [2.45, 2.75) is 0 Å². The Bertz CT molecular complexity index is 2140. The predicted molar refractivity (Wildman–Crippen MR) is 179 cm³/mol. The molecular weight excluding hydrogens is 508 g/mol. The van der Waals surface area contributed by atoms with Crippen LogP contribution in [0.5, 0.6) is 0 Å². The van der Waals surface area contributed by atoms with E-state index in [0.29, 0.717) is 0 Å². The van der Waals surface area contributed by atoms with Gasteiger partial charge in [-0.25, -0.2) is 0 Å². The first-order chi connectivity index (χ1) is 20.8. The van der Waals surface area contributed by atoms with Crippen molar-refractivity contribution in [3.8, 4) is 27.9 Å². The molecule has 2 nitrogen and oxygen atoms in total. The van der Waals surface area contributed by atoms with Gasteiger partial charge < -0.3 is 9.88 Å². The summed E-state index contributed by atoms with van der Waals surface area (Å²) in [6.07, 6.45) is 0. The van der Waals surface area contributed by atoms with Crippen LogP contribution >= 0.6 is 0 Å². The number of anilines is 2. The van der Waals surface area contributed by atoms with Gasteiger partial charge in [-0.1, -0.05) is 115 Å². The zero-order valence-electron chi connectivity index (χ0n) is 23.0. The first-order valence-electron chi connectivity index (χ1n) is 14.4. The molecule has 8 aromatic rings. The van der Waals surface area contributed by atoms with Gasteiger partial charge in [-0.2, -0.15) is 0 Å². The SMILES string of the molecule is c1cc(-c2ccc(Nc3ccc(-c4cccc5ccccc45)cc3)cc2)cc(-n2c3ccccc3c3ccccc32)c1. The molecule has 0 saturated carbocycles. The maximum Gasteiger partial charge on any atom is 0.0541 e.